The van der Waals surface area contributed by atoms with Crippen molar-refractivity contribution in [1.82, 2.24) is 0 Å². The molecule has 2 rings (SSSR count). The zero-order chi connectivity index (χ0) is 13.7. The number of benzene rings is 2. The van der Waals surface area contributed by atoms with Gasteiger partial charge < -0.3 is 19.9 Å². The van der Waals surface area contributed by atoms with E-state index in [1.807, 2.05) is 31.2 Å². The minimum atomic E-state index is 0.558. The Hall–Kier alpha value is -2.36. The number of rotatable bonds is 5. The van der Waals surface area contributed by atoms with Crippen molar-refractivity contribution in [2.45, 2.75) is 6.92 Å². The van der Waals surface area contributed by atoms with Crippen LogP contribution in [0.15, 0.2) is 42.5 Å². The van der Waals surface area contributed by atoms with Gasteiger partial charge in [0, 0.05) is 12.1 Å². The molecular weight excluding hydrogens is 242 g/mol. The molecule has 0 aliphatic heterocycles. The van der Waals surface area contributed by atoms with Crippen molar-refractivity contribution in [2.75, 3.05) is 19.5 Å². The highest BCUT2D eigenvalue weighted by molar-refractivity contribution is 5.57. The topological polar surface area (TPSA) is 53.7 Å². The van der Waals surface area contributed by atoms with Crippen molar-refractivity contribution in [2.24, 2.45) is 0 Å². The van der Waals surface area contributed by atoms with Gasteiger partial charge in [-0.25, -0.2) is 0 Å². The molecule has 0 heterocycles. The normalized spacial score (nSPS) is 10.0. The second-order valence-corrected chi connectivity index (χ2v) is 3.91. The molecule has 4 heteroatoms. The maximum atomic E-state index is 5.88. The summed E-state index contributed by atoms with van der Waals surface area (Å²) >= 11 is 0. The number of hydrogen-bond donors (Lipinski definition) is 1. The monoisotopic (exact) mass is 259 g/mol. The molecule has 0 aromatic heterocycles. The van der Waals surface area contributed by atoms with E-state index >= 15 is 0 Å². The lowest BCUT2D eigenvalue weighted by Crippen LogP contribution is -1.94. The minimum Gasteiger partial charge on any atom is -0.497 e. The van der Waals surface area contributed by atoms with Crippen molar-refractivity contribution in [3.05, 3.63) is 42.5 Å². The van der Waals surface area contributed by atoms with Crippen molar-refractivity contribution in [3.63, 3.8) is 0 Å². The van der Waals surface area contributed by atoms with Crippen LogP contribution in [-0.4, -0.2) is 13.7 Å². The van der Waals surface area contributed by atoms with Gasteiger partial charge in [-0.2, -0.15) is 0 Å². The molecular formula is C15H17NO3. The zero-order valence-electron chi connectivity index (χ0n) is 11.1. The lowest BCUT2D eigenvalue weighted by Gasteiger charge is -2.11. The van der Waals surface area contributed by atoms with Crippen molar-refractivity contribution >= 4 is 5.69 Å². The van der Waals surface area contributed by atoms with Gasteiger partial charge in [0.1, 0.15) is 17.2 Å². The summed E-state index contributed by atoms with van der Waals surface area (Å²) in [6, 6.07) is 12.7. The van der Waals surface area contributed by atoms with Gasteiger partial charge in [0.2, 0.25) is 0 Å². The van der Waals surface area contributed by atoms with Crippen LogP contribution in [0.4, 0.5) is 5.69 Å². The van der Waals surface area contributed by atoms with Crippen LogP contribution in [0.1, 0.15) is 6.92 Å². The molecule has 0 atom stereocenters. The fourth-order valence-electron chi connectivity index (χ4n) is 1.65. The molecule has 0 unspecified atom stereocenters. The third-order valence-electron chi connectivity index (χ3n) is 2.57. The molecule has 0 saturated carbocycles. The molecule has 100 valence electrons. The van der Waals surface area contributed by atoms with Gasteiger partial charge in [0.05, 0.1) is 19.4 Å². The number of ether oxygens (including phenoxy) is 3. The molecule has 19 heavy (non-hydrogen) atoms. The Kier molecular flexibility index (Phi) is 4.13. The Labute approximate surface area is 112 Å². The van der Waals surface area contributed by atoms with E-state index in [1.54, 1.807) is 25.3 Å². The van der Waals surface area contributed by atoms with E-state index in [2.05, 4.69) is 0 Å². The average molecular weight is 259 g/mol. The number of nitrogens with two attached hydrogens (primary N) is 1. The van der Waals surface area contributed by atoms with E-state index in [0.29, 0.717) is 29.5 Å². The minimum absolute atomic E-state index is 0.558. The fraction of sp³-hybridized carbons (Fsp3) is 0.200. The third-order valence-corrected chi connectivity index (χ3v) is 2.57. The molecule has 0 spiro atoms. The molecule has 0 amide bonds. The van der Waals surface area contributed by atoms with Crippen LogP contribution in [-0.2, 0) is 0 Å². The highest BCUT2D eigenvalue weighted by atomic mass is 16.5. The second-order valence-electron chi connectivity index (χ2n) is 3.91. The lowest BCUT2D eigenvalue weighted by atomic mass is 10.2. The van der Waals surface area contributed by atoms with Crippen molar-refractivity contribution in [3.8, 4) is 23.0 Å². The number of anilines is 1. The number of hydrogen-bond acceptors (Lipinski definition) is 4. The standard InChI is InChI=1S/C15H17NO3/c1-3-18-12-5-4-6-13(9-12)19-15-10-11(17-2)7-8-14(15)16/h4-10H,3,16H2,1-2H3. The van der Waals surface area contributed by atoms with Gasteiger partial charge in [-0.05, 0) is 31.2 Å². The summed E-state index contributed by atoms with van der Waals surface area (Å²) < 4.78 is 16.3. The highest BCUT2D eigenvalue weighted by Crippen LogP contribution is 2.32. The fourth-order valence-corrected chi connectivity index (χ4v) is 1.65. The Morgan fingerprint density at radius 2 is 1.79 bits per heavy atom. The van der Waals surface area contributed by atoms with Crippen LogP contribution in [0.2, 0.25) is 0 Å². The first-order chi connectivity index (χ1) is 9.22. The smallest absolute Gasteiger partial charge is 0.153 e. The Balaban J connectivity index is 2.22. The molecule has 0 saturated heterocycles. The van der Waals surface area contributed by atoms with Crippen LogP contribution in [0, 0.1) is 0 Å². The summed E-state index contributed by atoms with van der Waals surface area (Å²) in [5.41, 5.74) is 6.43. The molecule has 2 aromatic carbocycles. The van der Waals surface area contributed by atoms with Gasteiger partial charge in [0.25, 0.3) is 0 Å². The van der Waals surface area contributed by atoms with E-state index in [9.17, 15) is 0 Å². The van der Waals surface area contributed by atoms with Gasteiger partial charge in [-0.15, -0.1) is 0 Å². The summed E-state index contributed by atoms with van der Waals surface area (Å²) in [6.07, 6.45) is 0. The van der Waals surface area contributed by atoms with Gasteiger partial charge in [0.15, 0.2) is 5.75 Å². The molecule has 0 radical (unpaired) electrons. The Bertz CT molecular complexity index is 555. The van der Waals surface area contributed by atoms with E-state index in [1.165, 1.54) is 0 Å². The van der Waals surface area contributed by atoms with E-state index < -0.39 is 0 Å². The van der Waals surface area contributed by atoms with Crippen molar-refractivity contribution < 1.29 is 14.2 Å². The van der Waals surface area contributed by atoms with Crippen LogP contribution in [0.3, 0.4) is 0 Å². The summed E-state index contributed by atoms with van der Waals surface area (Å²) in [6.45, 7) is 2.55. The number of methoxy groups -OCH3 is 1. The summed E-state index contributed by atoms with van der Waals surface area (Å²) in [7, 11) is 1.60. The molecule has 0 bridgehead atoms. The molecule has 4 nitrogen and oxygen atoms in total. The Morgan fingerprint density at radius 1 is 1.00 bits per heavy atom. The second kappa shape index (κ2) is 6.00. The van der Waals surface area contributed by atoms with Crippen LogP contribution in [0.25, 0.3) is 0 Å². The molecule has 0 aliphatic carbocycles. The maximum Gasteiger partial charge on any atom is 0.153 e. The first-order valence-corrected chi connectivity index (χ1v) is 6.07. The van der Waals surface area contributed by atoms with Gasteiger partial charge in [-0.1, -0.05) is 6.07 Å². The first-order valence-electron chi connectivity index (χ1n) is 6.07. The Morgan fingerprint density at radius 3 is 2.53 bits per heavy atom. The average Bonchev–Trinajstić information content (AvgIpc) is 2.42. The van der Waals surface area contributed by atoms with E-state index in [0.717, 1.165) is 5.75 Å². The molecule has 2 N–H and O–H groups in total. The third kappa shape index (κ3) is 3.31. The van der Waals surface area contributed by atoms with Crippen LogP contribution >= 0.6 is 0 Å². The van der Waals surface area contributed by atoms with Gasteiger partial charge in [-0.3, -0.25) is 0 Å². The van der Waals surface area contributed by atoms with E-state index in [4.69, 9.17) is 19.9 Å². The first kappa shape index (κ1) is 13.1. The summed E-state index contributed by atoms with van der Waals surface area (Å²) in [5.74, 6) is 2.70. The van der Waals surface area contributed by atoms with Crippen LogP contribution < -0.4 is 19.9 Å². The molecule has 0 aliphatic rings. The number of nitrogen functional groups attached to an aromatic ring is 1. The predicted molar refractivity (Wildman–Crippen MR) is 75.1 cm³/mol. The quantitative estimate of drug-likeness (QED) is 0.835. The summed E-state index contributed by atoms with van der Waals surface area (Å²) in [5, 5.41) is 0. The molecule has 2 aromatic rings. The van der Waals surface area contributed by atoms with Crippen molar-refractivity contribution in [1.29, 1.82) is 0 Å². The molecule has 0 fully saturated rings. The largest absolute Gasteiger partial charge is 0.497 e. The SMILES string of the molecule is CCOc1cccc(Oc2cc(OC)ccc2N)c1. The summed E-state index contributed by atoms with van der Waals surface area (Å²) in [4.78, 5) is 0. The highest BCUT2D eigenvalue weighted by Gasteiger charge is 2.05. The maximum absolute atomic E-state index is 5.88. The zero-order valence-corrected chi connectivity index (χ0v) is 11.1. The van der Waals surface area contributed by atoms with E-state index in [-0.39, 0.29) is 0 Å². The predicted octanol–water partition coefficient (Wildman–Crippen LogP) is 3.47. The lowest BCUT2D eigenvalue weighted by molar-refractivity contribution is 0.338. The van der Waals surface area contributed by atoms with Gasteiger partial charge >= 0.3 is 0 Å². The van der Waals surface area contributed by atoms with Crippen LogP contribution in [0.5, 0.6) is 23.0 Å².